The quantitative estimate of drug-likeness (QED) is 0.418. The molecule has 0 amide bonds. The maximum Gasteiger partial charge on any atom is 0.237 e. The summed E-state index contributed by atoms with van der Waals surface area (Å²) >= 11 is 0. The lowest BCUT2D eigenvalue weighted by atomic mass is 10.1. The maximum atomic E-state index is 10.5. The molecular weight excluding hydrogens is 120 g/mol. The normalized spacial score (nSPS) is 27.0. The smallest absolute Gasteiger partial charge is 0.237 e. The topological polar surface area (TPSA) is 72.5 Å². The molecule has 1 aliphatic rings. The molecular formula is C5H6N2O2. The molecule has 0 spiro atoms. The van der Waals surface area contributed by atoms with Crippen molar-refractivity contribution in [1.82, 2.24) is 0 Å². The summed E-state index contributed by atoms with van der Waals surface area (Å²) < 4.78 is 0. The van der Waals surface area contributed by atoms with Gasteiger partial charge in [-0.3, -0.25) is 14.6 Å². The fourth-order valence-corrected chi connectivity index (χ4v) is 0.582. The lowest BCUT2D eigenvalue weighted by Gasteiger charge is -2.06. The van der Waals surface area contributed by atoms with Crippen molar-refractivity contribution in [2.75, 3.05) is 0 Å². The van der Waals surface area contributed by atoms with E-state index in [1.165, 1.54) is 6.21 Å². The van der Waals surface area contributed by atoms with Gasteiger partial charge in [0.25, 0.3) is 0 Å². The number of ketones is 2. The molecule has 1 atom stereocenters. The molecule has 2 N–H and O–H groups in total. The zero-order chi connectivity index (χ0) is 6.85. The Morgan fingerprint density at radius 2 is 2.33 bits per heavy atom. The molecule has 0 fully saturated rings. The summed E-state index contributed by atoms with van der Waals surface area (Å²) in [7, 11) is 0. The van der Waals surface area contributed by atoms with Crippen LogP contribution in [0.5, 0.6) is 0 Å². The molecule has 0 aromatic heterocycles. The third kappa shape index (κ3) is 1.02. The van der Waals surface area contributed by atoms with Gasteiger partial charge in [-0.25, -0.2) is 0 Å². The van der Waals surface area contributed by atoms with E-state index in [0.717, 1.165) is 0 Å². The molecule has 0 radical (unpaired) electrons. The molecule has 0 aliphatic carbocycles. The highest BCUT2D eigenvalue weighted by Gasteiger charge is 2.22. The average Bonchev–Trinajstić information content (AvgIpc) is 1.83. The number of rotatable bonds is 0. The van der Waals surface area contributed by atoms with Gasteiger partial charge in [0, 0.05) is 12.6 Å². The Hall–Kier alpha value is -1.03. The summed E-state index contributed by atoms with van der Waals surface area (Å²) in [5.74, 6) is -1.03. The van der Waals surface area contributed by atoms with Crippen LogP contribution >= 0.6 is 0 Å². The van der Waals surface area contributed by atoms with Gasteiger partial charge < -0.3 is 5.73 Å². The lowest BCUT2D eigenvalue weighted by molar-refractivity contribution is -0.136. The lowest BCUT2D eigenvalue weighted by Crippen LogP contribution is -2.37. The van der Waals surface area contributed by atoms with Crippen LogP contribution in [0.4, 0.5) is 0 Å². The molecule has 1 rings (SSSR count). The minimum Gasteiger partial charge on any atom is -0.303 e. The van der Waals surface area contributed by atoms with Crippen molar-refractivity contribution >= 4 is 17.8 Å². The van der Waals surface area contributed by atoms with Crippen LogP contribution in [0, 0.1) is 0 Å². The zero-order valence-corrected chi connectivity index (χ0v) is 4.70. The van der Waals surface area contributed by atoms with Gasteiger partial charge >= 0.3 is 0 Å². The zero-order valence-electron chi connectivity index (χ0n) is 4.70. The minimum absolute atomic E-state index is 0.104. The number of hydrogen-bond acceptors (Lipinski definition) is 4. The fraction of sp³-hybridized carbons (Fsp3) is 0.400. The second kappa shape index (κ2) is 2.06. The predicted octanol–water partition coefficient (Wildman–Crippen LogP) is -1.12. The minimum atomic E-state index is -0.939. The number of nitrogens with zero attached hydrogens (tertiary/aromatic N) is 1. The number of nitrogens with two attached hydrogens (primary N) is 1. The maximum absolute atomic E-state index is 10.5. The van der Waals surface area contributed by atoms with Crippen LogP contribution < -0.4 is 5.73 Å². The molecule has 1 heterocycles. The van der Waals surface area contributed by atoms with E-state index >= 15 is 0 Å². The Kier molecular flexibility index (Phi) is 1.40. The molecule has 9 heavy (non-hydrogen) atoms. The second-order valence-corrected chi connectivity index (χ2v) is 1.77. The summed E-state index contributed by atoms with van der Waals surface area (Å²) in [5.41, 5.74) is 5.10. The highest BCUT2D eigenvalue weighted by Crippen LogP contribution is 1.95. The van der Waals surface area contributed by atoms with Crippen molar-refractivity contribution in [1.29, 1.82) is 0 Å². The summed E-state index contributed by atoms with van der Waals surface area (Å²) in [6.45, 7) is 0. The van der Waals surface area contributed by atoms with Crippen LogP contribution in [0.15, 0.2) is 4.99 Å². The fourth-order valence-electron chi connectivity index (χ4n) is 0.582. The molecule has 1 unspecified atom stereocenters. The first-order valence-corrected chi connectivity index (χ1v) is 2.56. The van der Waals surface area contributed by atoms with Gasteiger partial charge in [0.2, 0.25) is 11.6 Å². The van der Waals surface area contributed by atoms with Crippen molar-refractivity contribution in [3.05, 3.63) is 0 Å². The number of carbonyl (C=O) groups excluding carboxylic acids is 2. The molecule has 0 aromatic carbocycles. The summed E-state index contributed by atoms with van der Waals surface area (Å²) in [4.78, 5) is 24.6. The van der Waals surface area contributed by atoms with E-state index < -0.39 is 17.7 Å². The Bertz CT molecular complexity index is 185. The molecule has 0 bridgehead atoms. The van der Waals surface area contributed by atoms with Crippen molar-refractivity contribution in [2.45, 2.75) is 12.6 Å². The molecule has 0 saturated heterocycles. The Morgan fingerprint density at radius 3 is 2.78 bits per heavy atom. The van der Waals surface area contributed by atoms with Crippen LogP contribution in [0.2, 0.25) is 0 Å². The van der Waals surface area contributed by atoms with Gasteiger partial charge in [-0.05, 0) is 0 Å². The van der Waals surface area contributed by atoms with Crippen LogP contribution in [0.25, 0.3) is 0 Å². The average molecular weight is 126 g/mol. The van der Waals surface area contributed by atoms with Crippen LogP contribution in [0.1, 0.15) is 6.42 Å². The summed E-state index contributed by atoms with van der Waals surface area (Å²) in [6, 6.07) is 0. The molecule has 4 nitrogen and oxygen atoms in total. The predicted molar refractivity (Wildman–Crippen MR) is 31.1 cm³/mol. The van der Waals surface area contributed by atoms with Crippen LogP contribution in [0.3, 0.4) is 0 Å². The molecule has 4 heteroatoms. The van der Waals surface area contributed by atoms with Gasteiger partial charge in [0.05, 0.1) is 0 Å². The summed E-state index contributed by atoms with van der Waals surface area (Å²) in [5, 5.41) is 0. The van der Waals surface area contributed by atoms with E-state index in [9.17, 15) is 9.59 Å². The number of carbonyl (C=O) groups is 2. The highest BCUT2D eigenvalue weighted by molar-refractivity contribution is 6.42. The largest absolute Gasteiger partial charge is 0.303 e. The first-order valence-electron chi connectivity index (χ1n) is 2.56. The molecule has 0 aromatic rings. The standard InChI is InChI=1S/C5H6N2O2/c6-5-4(9)3(8)1-2-7-5/h2,5H,1,6H2. The monoisotopic (exact) mass is 126 g/mol. The van der Waals surface area contributed by atoms with E-state index in [1.54, 1.807) is 0 Å². The Morgan fingerprint density at radius 1 is 1.67 bits per heavy atom. The number of hydrogen-bond donors (Lipinski definition) is 1. The number of aliphatic imine (C=N–C) groups is 1. The SMILES string of the molecule is NC1N=CCC(=O)C1=O. The third-order valence-electron chi connectivity index (χ3n) is 1.09. The van der Waals surface area contributed by atoms with Crippen molar-refractivity contribution < 1.29 is 9.59 Å². The van der Waals surface area contributed by atoms with E-state index in [0.29, 0.717) is 0 Å². The molecule has 0 saturated carbocycles. The summed E-state index contributed by atoms with van der Waals surface area (Å²) in [6.07, 6.45) is 0.534. The second-order valence-electron chi connectivity index (χ2n) is 1.77. The highest BCUT2D eigenvalue weighted by atomic mass is 16.2. The molecule has 48 valence electrons. The van der Waals surface area contributed by atoms with Crippen molar-refractivity contribution in [2.24, 2.45) is 10.7 Å². The van der Waals surface area contributed by atoms with E-state index in [4.69, 9.17) is 5.73 Å². The van der Waals surface area contributed by atoms with Gasteiger partial charge in [-0.1, -0.05) is 0 Å². The van der Waals surface area contributed by atoms with Crippen molar-refractivity contribution in [3.8, 4) is 0 Å². The first kappa shape index (κ1) is 6.10. The Balaban J connectivity index is 2.81. The first-order chi connectivity index (χ1) is 4.22. The van der Waals surface area contributed by atoms with Crippen molar-refractivity contribution in [3.63, 3.8) is 0 Å². The third-order valence-corrected chi connectivity index (χ3v) is 1.09. The van der Waals surface area contributed by atoms with Gasteiger partial charge in [-0.2, -0.15) is 0 Å². The van der Waals surface area contributed by atoms with Gasteiger partial charge in [-0.15, -0.1) is 0 Å². The Labute approximate surface area is 51.8 Å². The van der Waals surface area contributed by atoms with Gasteiger partial charge in [0.1, 0.15) is 0 Å². The number of Topliss-reactive ketones (excluding diaryl/α,β-unsaturated/α-hetero) is 2. The molecule has 1 aliphatic heterocycles. The van der Waals surface area contributed by atoms with Crippen LogP contribution in [-0.4, -0.2) is 23.9 Å². The van der Waals surface area contributed by atoms with Crippen LogP contribution in [-0.2, 0) is 9.59 Å². The van der Waals surface area contributed by atoms with E-state index in [1.807, 2.05) is 0 Å². The van der Waals surface area contributed by atoms with E-state index in [2.05, 4.69) is 4.99 Å². The van der Waals surface area contributed by atoms with Gasteiger partial charge in [0.15, 0.2) is 6.17 Å². The van der Waals surface area contributed by atoms with E-state index in [-0.39, 0.29) is 6.42 Å².